The highest BCUT2D eigenvalue weighted by atomic mass is 32.2. The molecule has 0 radical (unpaired) electrons. The van der Waals surface area contributed by atoms with Gasteiger partial charge >= 0.3 is 10.3 Å². The van der Waals surface area contributed by atoms with E-state index < -0.39 is 26.5 Å². The van der Waals surface area contributed by atoms with E-state index in [2.05, 4.69) is 4.72 Å². The lowest BCUT2D eigenvalue weighted by Gasteiger charge is -2.37. The number of fused-ring (bicyclic) bond motifs is 1. The Hall–Kier alpha value is -2.88. The molecule has 0 aromatic heterocycles. The smallest absolute Gasteiger partial charge is 0.370 e. The van der Waals surface area contributed by atoms with Crippen molar-refractivity contribution in [2.24, 2.45) is 0 Å². The van der Waals surface area contributed by atoms with E-state index in [0.29, 0.717) is 17.7 Å². The minimum atomic E-state index is -4.23. The number of para-hydroxylation sites is 2. The SMILES string of the molecule is CCCc1ccccc1N(C1NS(=O)(=O)Oc2ccccc21)S(=O)(=O)c1ccc(C)cc1. The Morgan fingerprint density at radius 2 is 1.62 bits per heavy atom. The molecule has 0 saturated carbocycles. The van der Waals surface area contributed by atoms with Crippen molar-refractivity contribution in [3.05, 3.63) is 89.5 Å². The zero-order valence-electron chi connectivity index (χ0n) is 17.7. The third-order valence-electron chi connectivity index (χ3n) is 5.23. The lowest BCUT2D eigenvalue weighted by Crippen LogP contribution is -2.48. The topological polar surface area (TPSA) is 92.8 Å². The number of aryl methyl sites for hydroxylation is 2. The van der Waals surface area contributed by atoms with Crippen LogP contribution in [-0.2, 0) is 26.7 Å². The van der Waals surface area contributed by atoms with Crippen LogP contribution in [0.3, 0.4) is 0 Å². The van der Waals surface area contributed by atoms with Gasteiger partial charge in [0.05, 0.1) is 10.6 Å². The fraction of sp³-hybridized carbons (Fsp3) is 0.217. The van der Waals surface area contributed by atoms with Crippen molar-refractivity contribution < 1.29 is 21.0 Å². The molecule has 1 heterocycles. The molecule has 1 N–H and O–H groups in total. The Bertz CT molecular complexity index is 1340. The fourth-order valence-electron chi connectivity index (χ4n) is 3.74. The first-order chi connectivity index (χ1) is 15.2. The van der Waals surface area contributed by atoms with Crippen LogP contribution in [-0.4, -0.2) is 16.8 Å². The number of rotatable bonds is 6. The molecule has 0 fully saturated rings. The van der Waals surface area contributed by atoms with E-state index in [1.165, 1.54) is 18.2 Å². The van der Waals surface area contributed by atoms with Crippen LogP contribution >= 0.6 is 0 Å². The Morgan fingerprint density at radius 1 is 0.969 bits per heavy atom. The van der Waals surface area contributed by atoms with Gasteiger partial charge in [-0.3, -0.25) is 0 Å². The maximum Gasteiger partial charge on any atom is 0.384 e. The van der Waals surface area contributed by atoms with E-state index in [4.69, 9.17) is 4.18 Å². The maximum atomic E-state index is 14.0. The third kappa shape index (κ3) is 4.23. The van der Waals surface area contributed by atoms with E-state index in [1.54, 1.807) is 42.5 Å². The lowest BCUT2D eigenvalue weighted by molar-refractivity contribution is 0.431. The Kier molecular flexibility index (Phi) is 5.98. The van der Waals surface area contributed by atoms with E-state index in [-0.39, 0.29) is 10.6 Å². The summed E-state index contributed by atoms with van der Waals surface area (Å²) >= 11 is 0. The number of nitrogens with zero attached hydrogens (tertiary/aromatic N) is 1. The van der Waals surface area contributed by atoms with Gasteiger partial charge in [-0.1, -0.05) is 67.4 Å². The molecule has 1 aliphatic heterocycles. The number of sulfonamides is 1. The second-order valence-corrected chi connectivity index (χ2v) is 10.7. The molecule has 1 unspecified atom stereocenters. The number of hydrogen-bond acceptors (Lipinski definition) is 5. The quantitative estimate of drug-likeness (QED) is 0.584. The van der Waals surface area contributed by atoms with Gasteiger partial charge in [0.2, 0.25) is 0 Å². The summed E-state index contributed by atoms with van der Waals surface area (Å²) in [6, 6.07) is 20.1. The molecule has 0 amide bonds. The first-order valence-electron chi connectivity index (χ1n) is 10.2. The van der Waals surface area contributed by atoms with Crippen LogP contribution in [0.1, 0.15) is 36.2 Å². The predicted octanol–water partition coefficient (Wildman–Crippen LogP) is 4.07. The highest BCUT2D eigenvalue weighted by Gasteiger charge is 2.41. The van der Waals surface area contributed by atoms with E-state index in [1.807, 2.05) is 26.0 Å². The molecule has 3 aromatic rings. The summed E-state index contributed by atoms with van der Waals surface area (Å²) < 4.78 is 61.6. The van der Waals surface area contributed by atoms with Gasteiger partial charge in [0.25, 0.3) is 10.0 Å². The second-order valence-electron chi connectivity index (χ2n) is 7.59. The highest BCUT2D eigenvalue weighted by Crippen LogP contribution is 2.40. The van der Waals surface area contributed by atoms with Crippen LogP contribution in [0, 0.1) is 6.92 Å². The van der Waals surface area contributed by atoms with Crippen LogP contribution < -0.4 is 13.2 Å². The molecule has 0 bridgehead atoms. The number of benzene rings is 3. The molecule has 3 aromatic carbocycles. The lowest BCUT2D eigenvalue weighted by atomic mass is 10.1. The van der Waals surface area contributed by atoms with Crippen molar-refractivity contribution in [3.8, 4) is 5.75 Å². The Labute approximate surface area is 189 Å². The average molecular weight is 473 g/mol. The summed E-state index contributed by atoms with van der Waals surface area (Å²) in [7, 11) is -8.38. The first-order valence-corrected chi connectivity index (χ1v) is 13.1. The van der Waals surface area contributed by atoms with Crippen LogP contribution in [0.4, 0.5) is 5.69 Å². The van der Waals surface area contributed by atoms with Gasteiger partial charge in [0.15, 0.2) is 5.75 Å². The number of hydrogen-bond donors (Lipinski definition) is 1. The van der Waals surface area contributed by atoms with Crippen molar-refractivity contribution in [1.82, 2.24) is 4.72 Å². The van der Waals surface area contributed by atoms with E-state index >= 15 is 0 Å². The summed E-state index contributed by atoms with van der Waals surface area (Å²) in [5.74, 6) is 0.0910. The van der Waals surface area contributed by atoms with Gasteiger partial charge in [-0.2, -0.15) is 13.1 Å². The standard InChI is InChI=1S/C23H24N2O5S2/c1-3-8-18-9-4-6-11-21(18)25(31(26,27)19-15-13-17(2)14-16-19)23-20-10-5-7-12-22(20)30-32(28,29)24-23/h4-7,9-16,23-24H,3,8H2,1-2H3. The van der Waals surface area contributed by atoms with Crippen LogP contribution in [0.5, 0.6) is 5.75 Å². The Morgan fingerprint density at radius 3 is 2.34 bits per heavy atom. The zero-order chi connectivity index (χ0) is 22.9. The maximum absolute atomic E-state index is 14.0. The minimum absolute atomic E-state index is 0.0672. The average Bonchev–Trinajstić information content (AvgIpc) is 2.75. The van der Waals surface area contributed by atoms with Gasteiger partial charge in [-0.05, 0) is 43.2 Å². The fourth-order valence-corrected chi connectivity index (χ4v) is 6.33. The minimum Gasteiger partial charge on any atom is -0.370 e. The molecule has 1 atom stereocenters. The molecule has 4 rings (SSSR count). The normalized spacial score (nSPS) is 17.2. The summed E-state index contributed by atoms with van der Waals surface area (Å²) in [4.78, 5) is 0.0672. The number of nitrogens with one attached hydrogen (secondary N) is 1. The van der Waals surface area contributed by atoms with Crippen molar-refractivity contribution in [2.75, 3.05) is 4.31 Å². The summed E-state index contributed by atoms with van der Waals surface area (Å²) in [5.41, 5.74) is 2.54. The molecule has 9 heteroatoms. The molecule has 168 valence electrons. The molecule has 0 saturated heterocycles. The molecule has 1 aliphatic rings. The first kappa shape index (κ1) is 22.3. The van der Waals surface area contributed by atoms with Crippen LogP contribution in [0.25, 0.3) is 0 Å². The summed E-state index contributed by atoms with van der Waals surface area (Å²) in [6.45, 7) is 3.87. The molecular formula is C23H24N2O5S2. The van der Waals surface area contributed by atoms with Crippen molar-refractivity contribution in [2.45, 2.75) is 37.8 Å². The summed E-state index contributed by atoms with van der Waals surface area (Å²) in [6.07, 6.45) is 0.216. The van der Waals surface area contributed by atoms with Crippen molar-refractivity contribution >= 4 is 26.0 Å². The molecule has 7 nitrogen and oxygen atoms in total. The molecule has 0 aliphatic carbocycles. The van der Waals surface area contributed by atoms with Crippen LogP contribution in [0.2, 0.25) is 0 Å². The van der Waals surface area contributed by atoms with Gasteiger partial charge < -0.3 is 4.18 Å². The van der Waals surface area contributed by atoms with Gasteiger partial charge in [-0.25, -0.2) is 12.7 Å². The van der Waals surface area contributed by atoms with Gasteiger partial charge in [-0.15, -0.1) is 0 Å². The highest BCUT2D eigenvalue weighted by molar-refractivity contribution is 7.93. The van der Waals surface area contributed by atoms with Crippen molar-refractivity contribution in [3.63, 3.8) is 0 Å². The third-order valence-corrected chi connectivity index (χ3v) is 7.93. The van der Waals surface area contributed by atoms with Crippen molar-refractivity contribution in [1.29, 1.82) is 0 Å². The Balaban J connectivity index is 1.99. The van der Waals surface area contributed by atoms with Gasteiger partial charge in [0, 0.05) is 5.56 Å². The zero-order valence-corrected chi connectivity index (χ0v) is 19.4. The molecule has 32 heavy (non-hydrogen) atoms. The van der Waals surface area contributed by atoms with E-state index in [9.17, 15) is 16.8 Å². The molecule has 0 spiro atoms. The van der Waals surface area contributed by atoms with E-state index in [0.717, 1.165) is 21.9 Å². The monoisotopic (exact) mass is 472 g/mol. The second kappa shape index (κ2) is 8.57. The molecular weight excluding hydrogens is 448 g/mol. The van der Waals surface area contributed by atoms with Gasteiger partial charge in [0.1, 0.15) is 6.17 Å². The summed E-state index contributed by atoms with van der Waals surface area (Å²) in [5, 5.41) is 0. The number of anilines is 1. The van der Waals surface area contributed by atoms with Crippen LogP contribution in [0.15, 0.2) is 77.7 Å². The largest absolute Gasteiger partial charge is 0.384 e. The predicted molar refractivity (Wildman–Crippen MR) is 123 cm³/mol.